The van der Waals surface area contributed by atoms with Gasteiger partial charge in [-0.2, -0.15) is 0 Å². The zero-order chi connectivity index (χ0) is 13.6. The van der Waals surface area contributed by atoms with E-state index in [1.54, 1.807) is 7.11 Å². The van der Waals surface area contributed by atoms with Crippen molar-refractivity contribution >= 4 is 0 Å². The first kappa shape index (κ1) is 14.9. The maximum atomic E-state index is 13.2. The Morgan fingerprint density at radius 1 is 1.33 bits per heavy atom. The molecular weight excluding hydrogens is 235 g/mol. The maximum Gasteiger partial charge on any atom is 0.218 e. The normalized spacial score (nSPS) is 11.6. The van der Waals surface area contributed by atoms with Crippen LogP contribution in [0.25, 0.3) is 0 Å². The standard InChI is InChI=1S/C13H21FN2O2/c1-13(2,3)16-8-10-7-11(14)9-15-12(10)18-6-5-17-4/h7,9,16H,5-6,8H2,1-4H3. The summed E-state index contributed by atoms with van der Waals surface area (Å²) in [6.07, 6.45) is 1.16. The van der Waals surface area contributed by atoms with E-state index in [0.29, 0.717) is 31.2 Å². The predicted octanol–water partition coefficient (Wildman–Crippen LogP) is 2.13. The van der Waals surface area contributed by atoms with E-state index in [-0.39, 0.29) is 11.4 Å². The lowest BCUT2D eigenvalue weighted by Gasteiger charge is -2.21. The molecule has 0 aliphatic carbocycles. The van der Waals surface area contributed by atoms with Crippen molar-refractivity contribution in [2.75, 3.05) is 20.3 Å². The average molecular weight is 256 g/mol. The molecule has 102 valence electrons. The van der Waals surface area contributed by atoms with Gasteiger partial charge in [-0.1, -0.05) is 0 Å². The van der Waals surface area contributed by atoms with Crippen molar-refractivity contribution in [1.29, 1.82) is 0 Å². The second kappa shape index (κ2) is 6.66. The Bertz CT molecular complexity index is 378. The van der Waals surface area contributed by atoms with E-state index < -0.39 is 0 Å². The van der Waals surface area contributed by atoms with Crippen LogP contribution in [0.2, 0.25) is 0 Å². The van der Waals surface area contributed by atoms with Crippen LogP contribution < -0.4 is 10.1 Å². The van der Waals surface area contributed by atoms with Crippen LogP contribution in [0.3, 0.4) is 0 Å². The SMILES string of the molecule is COCCOc1ncc(F)cc1CNC(C)(C)C. The first-order valence-electron chi connectivity index (χ1n) is 5.93. The minimum Gasteiger partial charge on any atom is -0.475 e. The predicted molar refractivity (Wildman–Crippen MR) is 68.2 cm³/mol. The highest BCUT2D eigenvalue weighted by atomic mass is 19.1. The molecule has 0 aromatic carbocycles. The zero-order valence-corrected chi connectivity index (χ0v) is 11.4. The van der Waals surface area contributed by atoms with Crippen LogP contribution in [-0.2, 0) is 11.3 Å². The smallest absolute Gasteiger partial charge is 0.218 e. The van der Waals surface area contributed by atoms with Gasteiger partial charge in [0, 0.05) is 24.8 Å². The molecule has 1 N–H and O–H groups in total. The first-order chi connectivity index (χ1) is 8.42. The Morgan fingerprint density at radius 2 is 2.06 bits per heavy atom. The van der Waals surface area contributed by atoms with Crippen molar-refractivity contribution in [2.24, 2.45) is 0 Å². The van der Waals surface area contributed by atoms with Crippen LogP contribution in [0, 0.1) is 5.82 Å². The molecule has 1 rings (SSSR count). The highest BCUT2D eigenvalue weighted by Gasteiger charge is 2.12. The van der Waals surface area contributed by atoms with Gasteiger partial charge >= 0.3 is 0 Å². The number of nitrogens with zero attached hydrogens (tertiary/aromatic N) is 1. The van der Waals surface area contributed by atoms with Gasteiger partial charge in [-0.3, -0.25) is 0 Å². The molecule has 1 aromatic heterocycles. The van der Waals surface area contributed by atoms with Crippen LogP contribution in [0.4, 0.5) is 4.39 Å². The molecule has 0 spiro atoms. The van der Waals surface area contributed by atoms with E-state index in [2.05, 4.69) is 10.3 Å². The largest absolute Gasteiger partial charge is 0.475 e. The average Bonchev–Trinajstić information content (AvgIpc) is 2.28. The molecule has 1 aromatic rings. The van der Waals surface area contributed by atoms with E-state index in [9.17, 15) is 4.39 Å². The van der Waals surface area contributed by atoms with Crippen LogP contribution in [-0.4, -0.2) is 30.8 Å². The molecule has 0 atom stereocenters. The molecule has 0 bridgehead atoms. The summed E-state index contributed by atoms with van der Waals surface area (Å²) in [5, 5.41) is 3.28. The first-order valence-corrected chi connectivity index (χ1v) is 5.93. The van der Waals surface area contributed by atoms with Crippen molar-refractivity contribution in [1.82, 2.24) is 10.3 Å². The summed E-state index contributed by atoms with van der Waals surface area (Å²) < 4.78 is 23.5. The fourth-order valence-electron chi connectivity index (χ4n) is 1.31. The second-order valence-corrected chi connectivity index (χ2v) is 5.06. The Morgan fingerprint density at radius 3 is 2.67 bits per heavy atom. The Labute approximate surface area is 108 Å². The van der Waals surface area contributed by atoms with Crippen LogP contribution in [0.1, 0.15) is 26.3 Å². The van der Waals surface area contributed by atoms with Gasteiger partial charge in [0.25, 0.3) is 0 Å². The molecule has 0 saturated heterocycles. The van der Waals surface area contributed by atoms with E-state index in [1.807, 2.05) is 20.8 Å². The second-order valence-electron chi connectivity index (χ2n) is 5.06. The summed E-state index contributed by atoms with van der Waals surface area (Å²) in [5.74, 6) is 0.0880. The molecule has 18 heavy (non-hydrogen) atoms. The Hall–Kier alpha value is -1.20. The van der Waals surface area contributed by atoms with Gasteiger partial charge < -0.3 is 14.8 Å². The molecule has 0 unspecified atom stereocenters. The van der Waals surface area contributed by atoms with Gasteiger partial charge in [0.05, 0.1) is 12.8 Å². The molecule has 1 heterocycles. The monoisotopic (exact) mass is 256 g/mol. The third-order valence-corrected chi connectivity index (χ3v) is 2.23. The summed E-state index contributed by atoms with van der Waals surface area (Å²) in [5.41, 5.74) is 0.664. The zero-order valence-electron chi connectivity index (χ0n) is 11.4. The van der Waals surface area contributed by atoms with Crippen LogP contribution in [0.15, 0.2) is 12.3 Å². The molecular formula is C13H21FN2O2. The van der Waals surface area contributed by atoms with Gasteiger partial charge in [0.1, 0.15) is 12.4 Å². The summed E-state index contributed by atoms with van der Waals surface area (Å²) in [4.78, 5) is 3.96. The van der Waals surface area contributed by atoms with Crippen molar-refractivity contribution in [3.05, 3.63) is 23.6 Å². The number of pyridine rings is 1. The third-order valence-electron chi connectivity index (χ3n) is 2.23. The highest BCUT2D eigenvalue weighted by Crippen LogP contribution is 2.17. The van der Waals surface area contributed by atoms with Crippen molar-refractivity contribution in [3.63, 3.8) is 0 Å². The van der Waals surface area contributed by atoms with Gasteiger partial charge in [-0.15, -0.1) is 0 Å². The topological polar surface area (TPSA) is 43.4 Å². The van der Waals surface area contributed by atoms with Gasteiger partial charge in [0.2, 0.25) is 5.88 Å². The number of halogens is 1. The van der Waals surface area contributed by atoms with E-state index in [0.717, 1.165) is 6.20 Å². The fraction of sp³-hybridized carbons (Fsp3) is 0.615. The fourth-order valence-corrected chi connectivity index (χ4v) is 1.31. The number of aromatic nitrogens is 1. The molecule has 5 heteroatoms. The summed E-state index contributed by atoms with van der Waals surface area (Å²) in [7, 11) is 1.60. The summed E-state index contributed by atoms with van der Waals surface area (Å²) >= 11 is 0. The van der Waals surface area contributed by atoms with Gasteiger partial charge in [-0.25, -0.2) is 9.37 Å². The number of rotatable bonds is 6. The molecule has 0 aliphatic heterocycles. The number of ether oxygens (including phenoxy) is 2. The lowest BCUT2D eigenvalue weighted by atomic mass is 10.1. The van der Waals surface area contributed by atoms with Crippen molar-refractivity contribution in [2.45, 2.75) is 32.9 Å². The van der Waals surface area contributed by atoms with E-state index in [4.69, 9.17) is 9.47 Å². The van der Waals surface area contributed by atoms with Gasteiger partial charge in [0.15, 0.2) is 0 Å². The number of hydrogen-bond acceptors (Lipinski definition) is 4. The molecule has 0 fully saturated rings. The van der Waals surface area contributed by atoms with Gasteiger partial charge in [-0.05, 0) is 26.8 Å². The Kier molecular flexibility index (Phi) is 5.50. The quantitative estimate of drug-likeness (QED) is 0.792. The minimum atomic E-state index is -0.361. The third kappa shape index (κ3) is 5.42. The summed E-state index contributed by atoms with van der Waals surface area (Å²) in [6.45, 7) is 7.53. The molecule has 0 aliphatic rings. The number of methoxy groups -OCH3 is 1. The lowest BCUT2D eigenvalue weighted by Crippen LogP contribution is -2.35. The van der Waals surface area contributed by atoms with Crippen LogP contribution in [0.5, 0.6) is 5.88 Å². The molecule has 4 nitrogen and oxygen atoms in total. The maximum absolute atomic E-state index is 13.2. The summed E-state index contributed by atoms with van der Waals surface area (Å²) in [6, 6.07) is 1.44. The minimum absolute atomic E-state index is 0.0455. The number of nitrogens with one attached hydrogen (secondary N) is 1. The number of hydrogen-bond donors (Lipinski definition) is 1. The molecule has 0 saturated carbocycles. The molecule has 0 amide bonds. The van der Waals surface area contributed by atoms with Crippen molar-refractivity contribution < 1.29 is 13.9 Å². The van der Waals surface area contributed by atoms with E-state index >= 15 is 0 Å². The lowest BCUT2D eigenvalue weighted by molar-refractivity contribution is 0.143. The Balaban J connectivity index is 2.70. The van der Waals surface area contributed by atoms with E-state index in [1.165, 1.54) is 6.07 Å². The highest BCUT2D eigenvalue weighted by molar-refractivity contribution is 5.26. The van der Waals surface area contributed by atoms with Crippen LogP contribution >= 0.6 is 0 Å². The van der Waals surface area contributed by atoms with Crippen molar-refractivity contribution in [3.8, 4) is 5.88 Å². The molecule has 0 radical (unpaired) electrons.